The molecular weight excluding hydrogens is 208 g/mol. The lowest BCUT2D eigenvalue weighted by Gasteiger charge is -2.01. The molecule has 1 aromatic heterocycles. The maximum absolute atomic E-state index is 3.38. The van der Waals surface area contributed by atoms with E-state index in [0.29, 0.717) is 0 Å². The molecule has 1 heterocycles. The molecule has 1 aromatic rings. The quantitative estimate of drug-likeness (QED) is 0.469. The van der Waals surface area contributed by atoms with Gasteiger partial charge in [0.25, 0.3) is 5.82 Å². The molecule has 0 spiro atoms. The molecule has 0 bridgehead atoms. The standard InChI is InChI=1S/C15H28N2/c1-3-5-7-8-9-10-11-15-16-12-14-17(15)13-6-4-2/h12,14H,3-11,13H2,1-2H3/p+1. The fourth-order valence-corrected chi connectivity index (χ4v) is 2.22. The van der Waals surface area contributed by atoms with Gasteiger partial charge in [0.15, 0.2) is 0 Å². The van der Waals surface area contributed by atoms with Crippen LogP contribution in [0.3, 0.4) is 0 Å². The van der Waals surface area contributed by atoms with Crippen LogP contribution >= 0.6 is 0 Å². The van der Waals surface area contributed by atoms with E-state index < -0.39 is 0 Å². The van der Waals surface area contributed by atoms with Gasteiger partial charge in [-0.15, -0.1) is 0 Å². The van der Waals surface area contributed by atoms with Crippen molar-refractivity contribution < 1.29 is 4.57 Å². The number of imidazole rings is 1. The van der Waals surface area contributed by atoms with E-state index in [2.05, 4.69) is 35.8 Å². The van der Waals surface area contributed by atoms with Crippen molar-refractivity contribution in [2.45, 2.75) is 78.2 Å². The van der Waals surface area contributed by atoms with E-state index >= 15 is 0 Å². The maximum Gasteiger partial charge on any atom is 0.254 e. The summed E-state index contributed by atoms with van der Waals surface area (Å²) in [6.45, 7) is 5.70. The zero-order valence-corrected chi connectivity index (χ0v) is 11.7. The van der Waals surface area contributed by atoms with E-state index in [9.17, 15) is 0 Å². The van der Waals surface area contributed by atoms with Gasteiger partial charge in [0.1, 0.15) is 12.4 Å². The second-order valence-corrected chi connectivity index (χ2v) is 4.97. The summed E-state index contributed by atoms with van der Waals surface area (Å²) in [5, 5.41) is 0. The molecule has 0 aliphatic rings. The van der Waals surface area contributed by atoms with E-state index in [-0.39, 0.29) is 0 Å². The van der Waals surface area contributed by atoms with E-state index in [1.807, 2.05) is 0 Å². The van der Waals surface area contributed by atoms with Crippen molar-refractivity contribution in [3.8, 4) is 0 Å². The molecule has 2 nitrogen and oxygen atoms in total. The summed E-state index contributed by atoms with van der Waals surface area (Å²) in [4.78, 5) is 3.38. The molecule has 0 aromatic carbocycles. The zero-order valence-electron chi connectivity index (χ0n) is 11.7. The number of aromatic amines is 1. The third kappa shape index (κ3) is 5.90. The molecule has 2 heteroatoms. The molecule has 0 aliphatic carbocycles. The number of aromatic nitrogens is 2. The lowest BCUT2D eigenvalue weighted by molar-refractivity contribution is -0.703. The first-order valence-electron chi connectivity index (χ1n) is 7.44. The van der Waals surface area contributed by atoms with E-state index in [1.54, 1.807) is 0 Å². The van der Waals surface area contributed by atoms with E-state index in [0.717, 1.165) is 0 Å². The molecule has 0 unspecified atom stereocenters. The van der Waals surface area contributed by atoms with Crippen molar-refractivity contribution in [2.24, 2.45) is 0 Å². The lowest BCUT2D eigenvalue weighted by Crippen LogP contribution is -2.35. The summed E-state index contributed by atoms with van der Waals surface area (Å²) in [7, 11) is 0. The number of nitrogens with zero attached hydrogens (tertiary/aromatic N) is 1. The SMILES string of the molecule is CCCCCCCCc1[nH]cc[n+]1CCCC. The van der Waals surface area contributed by atoms with Gasteiger partial charge in [-0.1, -0.05) is 52.4 Å². The van der Waals surface area contributed by atoms with Crippen LogP contribution in [0.15, 0.2) is 12.4 Å². The Morgan fingerprint density at radius 1 is 0.941 bits per heavy atom. The highest BCUT2D eigenvalue weighted by Gasteiger charge is 2.08. The van der Waals surface area contributed by atoms with Crippen molar-refractivity contribution in [3.05, 3.63) is 18.2 Å². The number of nitrogens with one attached hydrogen (secondary N) is 1. The highest BCUT2D eigenvalue weighted by Crippen LogP contribution is 2.07. The maximum atomic E-state index is 3.38. The van der Waals surface area contributed by atoms with E-state index in [1.165, 1.54) is 70.2 Å². The summed E-state index contributed by atoms with van der Waals surface area (Å²) in [5.41, 5.74) is 0. The van der Waals surface area contributed by atoms with Crippen LogP contribution in [-0.2, 0) is 13.0 Å². The first-order valence-corrected chi connectivity index (χ1v) is 7.44. The Hall–Kier alpha value is -0.790. The molecule has 0 fully saturated rings. The van der Waals surface area contributed by atoms with Crippen molar-refractivity contribution >= 4 is 0 Å². The lowest BCUT2D eigenvalue weighted by atomic mass is 10.1. The van der Waals surface area contributed by atoms with Crippen LogP contribution in [0.1, 0.15) is 71.0 Å². The van der Waals surface area contributed by atoms with E-state index in [4.69, 9.17) is 0 Å². The predicted octanol–water partition coefficient (Wildman–Crippen LogP) is 4.01. The first-order chi connectivity index (χ1) is 8.38. The van der Waals surface area contributed by atoms with Gasteiger partial charge in [0.2, 0.25) is 0 Å². The normalized spacial score (nSPS) is 10.9. The van der Waals surface area contributed by atoms with Crippen LogP contribution in [0.2, 0.25) is 0 Å². The first kappa shape index (κ1) is 14.3. The Kier molecular flexibility index (Phi) is 7.78. The van der Waals surface area contributed by atoms with Crippen LogP contribution in [0, 0.1) is 0 Å². The molecule has 0 saturated carbocycles. The Balaban J connectivity index is 2.15. The van der Waals surface area contributed by atoms with Crippen molar-refractivity contribution in [1.29, 1.82) is 0 Å². The minimum absolute atomic E-state index is 1.17. The largest absolute Gasteiger partial charge is 0.254 e. The molecule has 0 radical (unpaired) electrons. The zero-order chi connectivity index (χ0) is 12.3. The Labute approximate surface area is 106 Å². The van der Waals surface area contributed by atoms with Gasteiger partial charge in [-0.25, -0.2) is 9.55 Å². The highest BCUT2D eigenvalue weighted by molar-refractivity contribution is 4.77. The molecule has 0 amide bonds. The number of H-pyrrole nitrogens is 1. The molecule has 17 heavy (non-hydrogen) atoms. The fraction of sp³-hybridized carbons (Fsp3) is 0.800. The molecule has 0 saturated heterocycles. The number of unbranched alkanes of at least 4 members (excludes halogenated alkanes) is 6. The summed E-state index contributed by atoms with van der Waals surface area (Å²) in [6.07, 6.45) is 16.3. The molecule has 98 valence electrons. The minimum atomic E-state index is 1.17. The fourth-order valence-electron chi connectivity index (χ4n) is 2.22. The molecule has 0 atom stereocenters. The smallest absolute Gasteiger partial charge is 0.248 e. The number of hydrogen-bond donors (Lipinski definition) is 1. The minimum Gasteiger partial charge on any atom is -0.248 e. The average molecular weight is 237 g/mol. The topological polar surface area (TPSA) is 19.7 Å². The van der Waals surface area contributed by atoms with Crippen LogP contribution < -0.4 is 4.57 Å². The van der Waals surface area contributed by atoms with Gasteiger partial charge in [-0.3, -0.25) is 0 Å². The van der Waals surface area contributed by atoms with Gasteiger partial charge in [0, 0.05) is 6.42 Å². The Morgan fingerprint density at radius 2 is 1.65 bits per heavy atom. The van der Waals surface area contributed by atoms with Gasteiger partial charge < -0.3 is 0 Å². The second-order valence-electron chi connectivity index (χ2n) is 4.97. The van der Waals surface area contributed by atoms with Crippen LogP contribution in [-0.4, -0.2) is 4.98 Å². The van der Waals surface area contributed by atoms with Crippen molar-refractivity contribution in [3.63, 3.8) is 0 Å². The van der Waals surface area contributed by atoms with Gasteiger partial charge in [0.05, 0.1) is 6.54 Å². The summed E-state index contributed by atoms with van der Waals surface area (Å²) in [5.74, 6) is 1.41. The third-order valence-electron chi connectivity index (χ3n) is 3.37. The molecule has 0 aliphatic heterocycles. The van der Waals surface area contributed by atoms with Gasteiger partial charge in [-0.2, -0.15) is 0 Å². The number of rotatable bonds is 10. The van der Waals surface area contributed by atoms with Crippen LogP contribution in [0.25, 0.3) is 0 Å². The van der Waals surface area contributed by atoms with Crippen molar-refractivity contribution in [2.75, 3.05) is 0 Å². The van der Waals surface area contributed by atoms with Gasteiger partial charge >= 0.3 is 0 Å². The summed E-state index contributed by atoms with van der Waals surface area (Å²) in [6, 6.07) is 0. The molecule has 1 rings (SSSR count). The predicted molar refractivity (Wildman–Crippen MR) is 73.0 cm³/mol. The molecular formula is C15H29N2+. The average Bonchev–Trinajstić information content (AvgIpc) is 2.78. The Morgan fingerprint density at radius 3 is 2.41 bits per heavy atom. The second kappa shape index (κ2) is 9.26. The summed E-state index contributed by atoms with van der Waals surface area (Å²) >= 11 is 0. The highest BCUT2D eigenvalue weighted by atomic mass is 15.1. The Bertz CT molecular complexity index is 278. The monoisotopic (exact) mass is 237 g/mol. The van der Waals surface area contributed by atoms with Gasteiger partial charge in [-0.05, 0) is 12.8 Å². The molecule has 1 N–H and O–H groups in total. The van der Waals surface area contributed by atoms with Crippen molar-refractivity contribution in [1.82, 2.24) is 4.98 Å². The third-order valence-corrected chi connectivity index (χ3v) is 3.37. The number of aryl methyl sites for hydroxylation is 2. The number of hydrogen-bond acceptors (Lipinski definition) is 0. The summed E-state index contributed by atoms with van der Waals surface area (Å²) < 4.78 is 2.38. The van der Waals surface area contributed by atoms with Crippen LogP contribution in [0.4, 0.5) is 0 Å². The van der Waals surface area contributed by atoms with Crippen LogP contribution in [0.5, 0.6) is 0 Å².